The number of carbonyl (C=O) groups excluding carboxylic acids is 1. The van der Waals surface area contributed by atoms with Crippen LogP contribution in [-0.2, 0) is 9.53 Å². The number of aliphatic hydroxyl groups excluding tert-OH is 1. The molecule has 4 aromatic rings. The summed E-state index contributed by atoms with van der Waals surface area (Å²) in [4.78, 5) is 19.1. The molecule has 0 fully saturated rings. The van der Waals surface area contributed by atoms with Gasteiger partial charge in [-0.1, -0.05) is 97.1 Å². The first kappa shape index (κ1) is 29.8. The molecular formula is C36H37N3O4. The van der Waals surface area contributed by atoms with Gasteiger partial charge in [0.15, 0.2) is 11.6 Å². The summed E-state index contributed by atoms with van der Waals surface area (Å²) in [6.07, 6.45) is 4.20. The van der Waals surface area contributed by atoms with Gasteiger partial charge >= 0.3 is 0 Å². The average Bonchev–Trinajstić information content (AvgIpc) is 3.43. The Labute approximate surface area is 253 Å². The molecule has 43 heavy (non-hydrogen) atoms. The molecule has 1 aliphatic heterocycles. The van der Waals surface area contributed by atoms with E-state index in [1.54, 1.807) is 19.1 Å². The molecule has 0 saturated carbocycles. The fourth-order valence-electron chi connectivity index (χ4n) is 5.03. The molecule has 1 aliphatic rings. The van der Waals surface area contributed by atoms with Crippen LogP contribution in [0.25, 0.3) is 17.2 Å². The topological polar surface area (TPSA) is 83.4 Å². The van der Waals surface area contributed by atoms with Crippen LogP contribution in [0.5, 0.6) is 5.75 Å². The van der Waals surface area contributed by atoms with E-state index in [2.05, 4.69) is 29.7 Å². The van der Waals surface area contributed by atoms with Crippen LogP contribution >= 0.6 is 0 Å². The molecule has 2 N–H and O–H groups in total. The first-order chi connectivity index (χ1) is 21.0. The number of hydrazine groups is 1. The van der Waals surface area contributed by atoms with Gasteiger partial charge in [0.05, 0.1) is 6.61 Å². The van der Waals surface area contributed by atoms with Crippen LogP contribution in [0.3, 0.4) is 0 Å². The van der Waals surface area contributed by atoms with E-state index in [0.29, 0.717) is 31.1 Å². The van der Waals surface area contributed by atoms with Gasteiger partial charge in [-0.2, -0.15) is 0 Å². The van der Waals surface area contributed by atoms with E-state index in [4.69, 9.17) is 19.6 Å². The van der Waals surface area contributed by atoms with Gasteiger partial charge < -0.3 is 14.6 Å². The van der Waals surface area contributed by atoms with Crippen molar-refractivity contribution < 1.29 is 19.4 Å². The number of benzene rings is 4. The number of rotatable bonds is 12. The van der Waals surface area contributed by atoms with Gasteiger partial charge in [-0.15, -0.1) is 0 Å². The predicted molar refractivity (Wildman–Crippen MR) is 171 cm³/mol. The monoisotopic (exact) mass is 575 g/mol. The fourth-order valence-corrected chi connectivity index (χ4v) is 5.03. The highest BCUT2D eigenvalue weighted by molar-refractivity contribution is 6.01. The maximum atomic E-state index is 14.1. The Hall–Kier alpha value is -4.72. The molecule has 220 valence electrons. The lowest BCUT2D eigenvalue weighted by Gasteiger charge is -2.31. The Morgan fingerprint density at radius 3 is 2.19 bits per heavy atom. The van der Waals surface area contributed by atoms with Crippen LogP contribution in [0.15, 0.2) is 120 Å². The van der Waals surface area contributed by atoms with E-state index in [9.17, 15) is 4.79 Å². The van der Waals surface area contributed by atoms with Crippen molar-refractivity contribution >= 4 is 17.9 Å². The predicted octanol–water partition coefficient (Wildman–Crippen LogP) is 6.07. The van der Waals surface area contributed by atoms with E-state index < -0.39 is 11.6 Å². The molecule has 0 saturated heterocycles. The first-order valence-corrected chi connectivity index (χ1v) is 14.4. The molecule has 0 radical (unpaired) electrons. The molecule has 1 amide bonds. The van der Waals surface area contributed by atoms with E-state index in [1.807, 2.05) is 97.1 Å². The number of aliphatic imine (C=N–C) groups is 1. The van der Waals surface area contributed by atoms with Crippen LogP contribution in [0.2, 0.25) is 0 Å². The molecule has 5 rings (SSSR count). The zero-order chi connectivity index (χ0) is 30.1. The van der Waals surface area contributed by atoms with Gasteiger partial charge in [-0.3, -0.25) is 10.2 Å². The molecule has 0 unspecified atom stereocenters. The molecule has 7 heteroatoms. The third-order valence-electron chi connectivity index (χ3n) is 7.21. The van der Waals surface area contributed by atoms with Crippen LogP contribution in [0, 0.1) is 0 Å². The third kappa shape index (κ3) is 7.20. The number of amides is 1. The third-order valence-corrected chi connectivity index (χ3v) is 7.21. The Morgan fingerprint density at radius 2 is 1.53 bits per heavy atom. The summed E-state index contributed by atoms with van der Waals surface area (Å²) < 4.78 is 12.3. The second kappa shape index (κ2) is 14.0. The zero-order valence-electron chi connectivity index (χ0n) is 24.5. The van der Waals surface area contributed by atoms with Crippen LogP contribution in [0.1, 0.15) is 35.6 Å². The van der Waals surface area contributed by atoms with Crippen molar-refractivity contribution in [3.05, 3.63) is 132 Å². The summed E-state index contributed by atoms with van der Waals surface area (Å²) in [5.74, 6) is 0.818. The summed E-state index contributed by atoms with van der Waals surface area (Å²) in [6.45, 7) is 0.502. The lowest BCUT2D eigenvalue weighted by molar-refractivity contribution is -0.132. The molecule has 0 aliphatic carbocycles. The van der Waals surface area contributed by atoms with Crippen molar-refractivity contribution in [2.45, 2.75) is 24.5 Å². The van der Waals surface area contributed by atoms with E-state index in [-0.39, 0.29) is 12.5 Å². The van der Waals surface area contributed by atoms with Crippen molar-refractivity contribution in [2.75, 3.05) is 27.3 Å². The summed E-state index contributed by atoms with van der Waals surface area (Å²) in [5, 5.41) is 10.7. The van der Waals surface area contributed by atoms with Crippen LogP contribution in [0.4, 0.5) is 0 Å². The highest BCUT2D eigenvalue weighted by Gasteiger charge is 2.52. The van der Waals surface area contributed by atoms with Gasteiger partial charge in [0.25, 0.3) is 5.91 Å². The highest BCUT2D eigenvalue weighted by atomic mass is 16.5. The van der Waals surface area contributed by atoms with Crippen molar-refractivity contribution in [1.82, 2.24) is 10.4 Å². The van der Waals surface area contributed by atoms with Crippen molar-refractivity contribution in [3.63, 3.8) is 0 Å². The van der Waals surface area contributed by atoms with E-state index >= 15 is 0 Å². The maximum Gasteiger partial charge on any atom is 0.266 e. The molecule has 2 atom stereocenters. The lowest BCUT2D eigenvalue weighted by Crippen LogP contribution is -2.52. The molecule has 4 aromatic carbocycles. The summed E-state index contributed by atoms with van der Waals surface area (Å²) in [5.41, 5.74) is 6.51. The van der Waals surface area contributed by atoms with Gasteiger partial charge in [0.2, 0.25) is 5.90 Å². The van der Waals surface area contributed by atoms with E-state index in [1.165, 1.54) is 0 Å². The van der Waals surface area contributed by atoms with E-state index in [0.717, 1.165) is 27.8 Å². The SMILES string of the molecule is CN(C)NC(=O)[C@@]1(C/C=C/c2ccccc2)N=C(c2ccc(OCCCO)cc2)O[C@H]1c1ccc(-c2ccccc2)cc1. The second-order valence-electron chi connectivity index (χ2n) is 10.6. The second-order valence-corrected chi connectivity index (χ2v) is 10.6. The van der Waals surface area contributed by atoms with Crippen LogP contribution < -0.4 is 10.2 Å². The number of nitrogens with zero attached hydrogens (tertiary/aromatic N) is 2. The molecular weight excluding hydrogens is 538 g/mol. The summed E-state index contributed by atoms with van der Waals surface area (Å²) >= 11 is 0. The van der Waals surface area contributed by atoms with Crippen molar-refractivity contribution in [3.8, 4) is 16.9 Å². The zero-order valence-corrected chi connectivity index (χ0v) is 24.5. The number of nitrogens with one attached hydrogen (secondary N) is 1. The molecule has 0 bridgehead atoms. The molecule has 7 nitrogen and oxygen atoms in total. The average molecular weight is 576 g/mol. The van der Waals surface area contributed by atoms with Gasteiger partial charge in [0, 0.05) is 39.1 Å². The Bertz CT molecular complexity index is 1540. The minimum atomic E-state index is -1.27. The van der Waals surface area contributed by atoms with Crippen LogP contribution in [-0.4, -0.2) is 54.8 Å². The molecule has 0 aromatic heterocycles. The minimum Gasteiger partial charge on any atom is -0.494 e. The maximum absolute atomic E-state index is 14.1. The van der Waals surface area contributed by atoms with Gasteiger partial charge in [-0.05, 0) is 46.5 Å². The number of aliphatic hydroxyl groups is 1. The Morgan fingerprint density at radius 1 is 0.907 bits per heavy atom. The molecule has 0 spiro atoms. The fraction of sp³-hybridized carbons (Fsp3) is 0.222. The Balaban J connectivity index is 1.53. The van der Waals surface area contributed by atoms with Crippen molar-refractivity contribution in [2.24, 2.45) is 4.99 Å². The number of hydrogen-bond acceptors (Lipinski definition) is 6. The Kier molecular flexibility index (Phi) is 9.66. The quantitative estimate of drug-likeness (QED) is 0.158. The van der Waals surface area contributed by atoms with Gasteiger partial charge in [0.1, 0.15) is 5.75 Å². The molecule has 1 heterocycles. The minimum absolute atomic E-state index is 0.0757. The lowest BCUT2D eigenvalue weighted by atomic mass is 9.84. The normalized spacial score (nSPS) is 18.0. The summed E-state index contributed by atoms with van der Waals surface area (Å²) in [7, 11) is 3.57. The standard InChI is InChI=1S/C36H37N3O4/c1-39(2)38-35(41)36(24-9-13-27-11-5-3-6-12-27)33(30-18-16-29(17-19-30)28-14-7-4-8-15-28)43-34(37-36)31-20-22-32(23-21-31)42-26-10-25-40/h3-9,11-23,33,40H,10,24-26H2,1-2H3,(H,38,41)/b13-9+/t33-,36-/m0/s1. The number of carbonyl (C=O) groups is 1. The van der Waals surface area contributed by atoms with Gasteiger partial charge in [-0.25, -0.2) is 10.0 Å². The summed E-state index contributed by atoms with van der Waals surface area (Å²) in [6, 6.07) is 35.7. The number of hydrogen-bond donors (Lipinski definition) is 2. The smallest absolute Gasteiger partial charge is 0.266 e. The highest BCUT2D eigenvalue weighted by Crippen LogP contribution is 2.43. The first-order valence-electron chi connectivity index (χ1n) is 14.4. The largest absolute Gasteiger partial charge is 0.494 e. The van der Waals surface area contributed by atoms with Crippen molar-refractivity contribution in [1.29, 1.82) is 0 Å². The number of ether oxygens (including phenoxy) is 2.